The van der Waals surface area contributed by atoms with Gasteiger partial charge in [0.2, 0.25) is 5.91 Å². The van der Waals surface area contributed by atoms with Gasteiger partial charge in [-0.25, -0.2) is 0 Å². The lowest BCUT2D eigenvalue weighted by Crippen LogP contribution is -2.54. The largest absolute Gasteiger partial charge is 0.368 e. The second-order valence-electron chi connectivity index (χ2n) is 6.06. The zero-order valence-electron chi connectivity index (χ0n) is 13.4. The molecule has 0 radical (unpaired) electrons. The third-order valence-electron chi connectivity index (χ3n) is 4.50. The van der Waals surface area contributed by atoms with Gasteiger partial charge in [-0.05, 0) is 30.5 Å². The molecule has 0 bridgehead atoms. The summed E-state index contributed by atoms with van der Waals surface area (Å²) in [6, 6.07) is 8.16. The standard InChI is InChI=1S/C17H27N3O/c1-4-14(3)16(18)17(21)20-10-8-19(9-11-20)15-7-5-6-13(2)12-15/h5-7,12,14,16H,4,8-11,18H2,1-3H3/t14-,16-/m0/s1. The zero-order valence-corrected chi connectivity index (χ0v) is 13.4. The number of aryl methyl sites for hydroxylation is 1. The second kappa shape index (κ2) is 6.94. The molecule has 2 rings (SSSR count). The summed E-state index contributed by atoms with van der Waals surface area (Å²) in [6.45, 7) is 9.51. The van der Waals surface area contributed by atoms with Gasteiger partial charge in [0.15, 0.2) is 0 Å². The van der Waals surface area contributed by atoms with Crippen molar-refractivity contribution in [3.05, 3.63) is 29.8 Å². The molecule has 0 aliphatic carbocycles. The minimum atomic E-state index is -0.361. The van der Waals surface area contributed by atoms with Crippen LogP contribution in [0.4, 0.5) is 5.69 Å². The van der Waals surface area contributed by atoms with Gasteiger partial charge in [-0.3, -0.25) is 4.79 Å². The van der Waals surface area contributed by atoms with Crippen LogP contribution in [0.5, 0.6) is 0 Å². The average Bonchev–Trinajstić information content (AvgIpc) is 2.53. The van der Waals surface area contributed by atoms with Gasteiger partial charge >= 0.3 is 0 Å². The van der Waals surface area contributed by atoms with E-state index in [1.807, 2.05) is 11.8 Å². The molecule has 0 unspecified atom stereocenters. The van der Waals surface area contributed by atoms with E-state index in [1.54, 1.807) is 0 Å². The monoisotopic (exact) mass is 289 g/mol. The molecule has 1 amide bonds. The average molecular weight is 289 g/mol. The van der Waals surface area contributed by atoms with Crippen LogP contribution in [-0.2, 0) is 4.79 Å². The molecule has 0 spiro atoms. The molecule has 4 heteroatoms. The van der Waals surface area contributed by atoms with Crippen molar-refractivity contribution in [3.8, 4) is 0 Å². The number of hydrogen-bond donors (Lipinski definition) is 1. The maximum absolute atomic E-state index is 12.4. The molecule has 2 N–H and O–H groups in total. The lowest BCUT2D eigenvalue weighted by atomic mass is 9.98. The van der Waals surface area contributed by atoms with E-state index in [1.165, 1.54) is 11.3 Å². The smallest absolute Gasteiger partial charge is 0.239 e. The molecule has 1 aliphatic heterocycles. The third-order valence-corrected chi connectivity index (χ3v) is 4.50. The van der Waals surface area contributed by atoms with Gasteiger partial charge < -0.3 is 15.5 Å². The lowest BCUT2D eigenvalue weighted by molar-refractivity contribution is -0.134. The van der Waals surface area contributed by atoms with Crippen molar-refractivity contribution in [2.45, 2.75) is 33.2 Å². The first kappa shape index (κ1) is 15.8. The van der Waals surface area contributed by atoms with E-state index in [0.29, 0.717) is 0 Å². The topological polar surface area (TPSA) is 49.6 Å². The minimum Gasteiger partial charge on any atom is -0.368 e. The van der Waals surface area contributed by atoms with Gasteiger partial charge in [0.05, 0.1) is 6.04 Å². The maximum atomic E-state index is 12.4. The molecular weight excluding hydrogens is 262 g/mol. The number of nitrogens with two attached hydrogens (primary N) is 1. The normalized spacial score (nSPS) is 18.5. The van der Waals surface area contributed by atoms with Crippen molar-refractivity contribution in [1.29, 1.82) is 0 Å². The molecule has 1 saturated heterocycles. The Morgan fingerprint density at radius 3 is 2.52 bits per heavy atom. The Morgan fingerprint density at radius 2 is 1.95 bits per heavy atom. The molecule has 1 fully saturated rings. The summed E-state index contributed by atoms with van der Waals surface area (Å²) >= 11 is 0. The van der Waals surface area contributed by atoms with Crippen LogP contribution >= 0.6 is 0 Å². The molecule has 1 aromatic rings. The molecule has 2 atom stereocenters. The van der Waals surface area contributed by atoms with Crippen molar-refractivity contribution >= 4 is 11.6 Å². The first-order valence-corrected chi connectivity index (χ1v) is 7.89. The Balaban J connectivity index is 1.92. The summed E-state index contributed by atoms with van der Waals surface area (Å²) in [4.78, 5) is 16.6. The molecule has 4 nitrogen and oxygen atoms in total. The first-order valence-electron chi connectivity index (χ1n) is 7.89. The Hall–Kier alpha value is -1.55. The highest BCUT2D eigenvalue weighted by atomic mass is 16.2. The highest BCUT2D eigenvalue weighted by molar-refractivity contribution is 5.82. The van der Waals surface area contributed by atoms with Gasteiger partial charge in [0, 0.05) is 31.9 Å². The SMILES string of the molecule is CC[C@H](C)[C@H](N)C(=O)N1CCN(c2cccc(C)c2)CC1. The van der Waals surface area contributed by atoms with Gasteiger partial charge in [0.25, 0.3) is 0 Å². The Bertz CT molecular complexity index is 481. The van der Waals surface area contributed by atoms with Gasteiger partial charge in [-0.15, -0.1) is 0 Å². The number of piperazine rings is 1. The van der Waals surface area contributed by atoms with Crippen LogP contribution in [0, 0.1) is 12.8 Å². The van der Waals surface area contributed by atoms with Crippen LogP contribution in [0.3, 0.4) is 0 Å². The lowest BCUT2D eigenvalue weighted by Gasteiger charge is -2.37. The van der Waals surface area contributed by atoms with Gasteiger partial charge in [-0.2, -0.15) is 0 Å². The van der Waals surface area contributed by atoms with Gasteiger partial charge in [-0.1, -0.05) is 32.4 Å². The molecule has 116 valence electrons. The van der Waals surface area contributed by atoms with E-state index >= 15 is 0 Å². The number of carbonyl (C=O) groups is 1. The van der Waals surface area contributed by atoms with E-state index in [0.717, 1.165) is 32.6 Å². The van der Waals surface area contributed by atoms with Crippen molar-refractivity contribution in [3.63, 3.8) is 0 Å². The third kappa shape index (κ3) is 3.76. The van der Waals surface area contributed by atoms with Crippen LogP contribution in [-0.4, -0.2) is 43.0 Å². The van der Waals surface area contributed by atoms with Crippen LogP contribution < -0.4 is 10.6 Å². The quantitative estimate of drug-likeness (QED) is 0.922. The Morgan fingerprint density at radius 1 is 1.29 bits per heavy atom. The summed E-state index contributed by atoms with van der Waals surface area (Å²) in [6.07, 6.45) is 0.941. The van der Waals surface area contributed by atoms with E-state index < -0.39 is 0 Å². The number of rotatable bonds is 4. The first-order chi connectivity index (χ1) is 10.0. The number of anilines is 1. The zero-order chi connectivity index (χ0) is 15.4. The molecule has 21 heavy (non-hydrogen) atoms. The number of nitrogens with zero attached hydrogens (tertiary/aromatic N) is 2. The van der Waals surface area contributed by atoms with E-state index in [9.17, 15) is 4.79 Å². The van der Waals surface area contributed by atoms with Crippen molar-refractivity contribution in [2.24, 2.45) is 11.7 Å². The predicted octanol–water partition coefficient (Wildman–Crippen LogP) is 2.02. The van der Waals surface area contributed by atoms with Crippen molar-refractivity contribution < 1.29 is 4.79 Å². The van der Waals surface area contributed by atoms with E-state index in [2.05, 4.69) is 43.0 Å². The van der Waals surface area contributed by atoms with Crippen LogP contribution in [0.2, 0.25) is 0 Å². The maximum Gasteiger partial charge on any atom is 0.239 e. The summed E-state index contributed by atoms with van der Waals surface area (Å²) in [5.41, 5.74) is 8.58. The number of amides is 1. The molecule has 0 saturated carbocycles. The highest BCUT2D eigenvalue weighted by Crippen LogP contribution is 2.18. The van der Waals surface area contributed by atoms with Crippen LogP contribution in [0.25, 0.3) is 0 Å². The molecular formula is C17H27N3O. The van der Waals surface area contributed by atoms with Crippen LogP contribution in [0.1, 0.15) is 25.8 Å². The molecule has 1 heterocycles. The summed E-state index contributed by atoms with van der Waals surface area (Å²) in [5.74, 6) is 0.348. The number of hydrogen-bond acceptors (Lipinski definition) is 3. The Labute approximate surface area is 127 Å². The van der Waals surface area contributed by atoms with Crippen molar-refractivity contribution in [1.82, 2.24) is 4.90 Å². The Kier molecular flexibility index (Phi) is 5.23. The van der Waals surface area contributed by atoms with Crippen molar-refractivity contribution in [2.75, 3.05) is 31.1 Å². The summed E-state index contributed by atoms with van der Waals surface area (Å²) in [7, 11) is 0. The molecule has 1 aliphatic rings. The fourth-order valence-corrected chi connectivity index (χ4v) is 2.72. The number of benzene rings is 1. The second-order valence-corrected chi connectivity index (χ2v) is 6.06. The van der Waals surface area contributed by atoms with Crippen LogP contribution in [0.15, 0.2) is 24.3 Å². The predicted molar refractivity (Wildman–Crippen MR) is 87.4 cm³/mol. The van der Waals surface area contributed by atoms with Gasteiger partial charge in [0.1, 0.15) is 0 Å². The minimum absolute atomic E-state index is 0.105. The molecule has 0 aromatic heterocycles. The fourth-order valence-electron chi connectivity index (χ4n) is 2.72. The summed E-state index contributed by atoms with van der Waals surface area (Å²) in [5, 5.41) is 0. The van der Waals surface area contributed by atoms with E-state index in [4.69, 9.17) is 5.73 Å². The number of carbonyl (C=O) groups excluding carboxylic acids is 1. The van der Waals surface area contributed by atoms with E-state index in [-0.39, 0.29) is 17.9 Å². The highest BCUT2D eigenvalue weighted by Gasteiger charge is 2.27. The fraction of sp³-hybridized carbons (Fsp3) is 0.588. The molecule has 1 aromatic carbocycles. The summed E-state index contributed by atoms with van der Waals surface area (Å²) < 4.78 is 0.